The number of rotatable bonds is 2. The van der Waals surface area contributed by atoms with Gasteiger partial charge in [0.15, 0.2) is 0 Å². The van der Waals surface area contributed by atoms with Gasteiger partial charge in [0, 0.05) is 11.1 Å². The summed E-state index contributed by atoms with van der Waals surface area (Å²) in [7, 11) is 0. The van der Waals surface area contributed by atoms with Crippen LogP contribution in [-0.4, -0.2) is 16.7 Å². The molecule has 0 aromatic carbocycles. The van der Waals surface area contributed by atoms with Crippen molar-refractivity contribution in [2.24, 2.45) is 5.73 Å². The van der Waals surface area contributed by atoms with Crippen LogP contribution in [0.3, 0.4) is 0 Å². The molecule has 0 bridgehead atoms. The van der Waals surface area contributed by atoms with Gasteiger partial charge < -0.3 is 10.8 Å². The minimum Gasteiger partial charge on any atom is -0.394 e. The Labute approximate surface area is 63.5 Å². The van der Waals surface area contributed by atoms with Gasteiger partial charge >= 0.3 is 0 Å². The van der Waals surface area contributed by atoms with Crippen LogP contribution in [0.5, 0.6) is 0 Å². The van der Waals surface area contributed by atoms with E-state index in [1.54, 1.807) is 0 Å². The van der Waals surface area contributed by atoms with Crippen LogP contribution in [0.15, 0.2) is 5.38 Å². The number of hydrogen-bond donors (Lipinski definition) is 2. The van der Waals surface area contributed by atoms with E-state index in [-0.39, 0.29) is 12.6 Å². The molecular formula is C6H10N2OS. The van der Waals surface area contributed by atoms with Gasteiger partial charge in [-0.05, 0) is 6.92 Å². The predicted molar refractivity (Wildman–Crippen MR) is 40.9 cm³/mol. The van der Waals surface area contributed by atoms with E-state index in [2.05, 4.69) is 4.98 Å². The van der Waals surface area contributed by atoms with E-state index < -0.39 is 0 Å². The Hall–Kier alpha value is -0.450. The Morgan fingerprint density at radius 3 is 3.00 bits per heavy atom. The van der Waals surface area contributed by atoms with E-state index in [1.807, 2.05) is 12.3 Å². The Balaban J connectivity index is 2.74. The molecule has 3 N–H and O–H groups in total. The summed E-state index contributed by atoms with van der Waals surface area (Å²) in [5.41, 5.74) is 6.47. The molecule has 56 valence electrons. The van der Waals surface area contributed by atoms with Crippen LogP contribution in [0, 0.1) is 6.92 Å². The molecule has 0 radical (unpaired) electrons. The van der Waals surface area contributed by atoms with Gasteiger partial charge in [0.05, 0.1) is 12.6 Å². The molecule has 4 heteroatoms. The van der Waals surface area contributed by atoms with Crippen molar-refractivity contribution in [1.29, 1.82) is 0 Å². The molecule has 1 heterocycles. The third kappa shape index (κ3) is 1.53. The third-order valence-corrected chi connectivity index (χ3v) is 2.25. The highest BCUT2D eigenvalue weighted by Crippen LogP contribution is 2.14. The molecule has 0 spiro atoms. The van der Waals surface area contributed by atoms with Crippen LogP contribution in [-0.2, 0) is 0 Å². The van der Waals surface area contributed by atoms with Gasteiger partial charge in [-0.1, -0.05) is 0 Å². The first kappa shape index (κ1) is 7.65. The van der Waals surface area contributed by atoms with Gasteiger partial charge in [0.25, 0.3) is 0 Å². The highest BCUT2D eigenvalue weighted by Gasteiger charge is 2.06. The molecule has 0 fully saturated rings. The molecule has 0 unspecified atom stereocenters. The number of aryl methyl sites for hydroxylation is 1. The zero-order valence-electron chi connectivity index (χ0n) is 5.74. The van der Waals surface area contributed by atoms with Crippen molar-refractivity contribution < 1.29 is 5.11 Å². The zero-order valence-corrected chi connectivity index (χ0v) is 6.56. The molecular weight excluding hydrogens is 148 g/mol. The first-order valence-electron chi connectivity index (χ1n) is 3.02. The number of thiazole rings is 1. The van der Waals surface area contributed by atoms with Gasteiger partial charge in [-0.25, -0.2) is 4.98 Å². The molecule has 0 saturated carbocycles. The van der Waals surface area contributed by atoms with Gasteiger partial charge in [-0.2, -0.15) is 0 Å². The molecule has 3 nitrogen and oxygen atoms in total. The van der Waals surface area contributed by atoms with Crippen LogP contribution >= 0.6 is 11.3 Å². The highest BCUT2D eigenvalue weighted by atomic mass is 32.1. The number of hydrogen-bond acceptors (Lipinski definition) is 4. The third-order valence-electron chi connectivity index (χ3n) is 1.15. The summed E-state index contributed by atoms with van der Waals surface area (Å²) < 4.78 is 0. The first-order valence-corrected chi connectivity index (χ1v) is 3.90. The summed E-state index contributed by atoms with van der Waals surface area (Å²) in [5.74, 6) is 0. The number of nitrogens with zero attached hydrogens (tertiary/aromatic N) is 1. The molecule has 1 aromatic rings. The van der Waals surface area contributed by atoms with Crippen LogP contribution in [0.1, 0.15) is 16.7 Å². The SMILES string of the molecule is Cc1csc([C@@H](N)CO)n1. The molecule has 1 atom stereocenters. The van der Waals surface area contributed by atoms with E-state index in [0.29, 0.717) is 0 Å². The average Bonchev–Trinajstić information content (AvgIpc) is 2.34. The smallest absolute Gasteiger partial charge is 0.112 e. The van der Waals surface area contributed by atoms with Gasteiger partial charge in [0.2, 0.25) is 0 Å². The predicted octanol–water partition coefficient (Wildman–Crippen LogP) is 0.444. The lowest BCUT2D eigenvalue weighted by Gasteiger charge is -2.00. The maximum absolute atomic E-state index is 8.64. The maximum Gasteiger partial charge on any atom is 0.112 e. The lowest BCUT2D eigenvalue weighted by Crippen LogP contribution is -2.13. The summed E-state index contributed by atoms with van der Waals surface area (Å²) in [4.78, 5) is 4.11. The van der Waals surface area contributed by atoms with Crippen molar-refractivity contribution in [2.75, 3.05) is 6.61 Å². The van der Waals surface area contributed by atoms with E-state index in [0.717, 1.165) is 10.7 Å². The minimum absolute atomic E-state index is 0.0348. The van der Waals surface area contributed by atoms with Gasteiger partial charge in [-0.15, -0.1) is 11.3 Å². The highest BCUT2D eigenvalue weighted by molar-refractivity contribution is 7.09. The van der Waals surface area contributed by atoms with Crippen molar-refractivity contribution in [1.82, 2.24) is 4.98 Å². The number of nitrogens with two attached hydrogens (primary N) is 1. The van der Waals surface area contributed by atoms with E-state index >= 15 is 0 Å². The molecule has 0 aliphatic rings. The summed E-state index contributed by atoms with van der Waals surface area (Å²) in [6, 6.07) is -0.307. The molecule has 1 aromatic heterocycles. The van der Waals surface area contributed by atoms with Crippen molar-refractivity contribution >= 4 is 11.3 Å². The fraction of sp³-hybridized carbons (Fsp3) is 0.500. The average molecular weight is 158 g/mol. The van der Waals surface area contributed by atoms with E-state index in [9.17, 15) is 0 Å². The van der Waals surface area contributed by atoms with Crippen LogP contribution in [0.25, 0.3) is 0 Å². The zero-order chi connectivity index (χ0) is 7.56. The summed E-state index contributed by atoms with van der Waals surface area (Å²) in [6.07, 6.45) is 0. The molecule has 0 aliphatic carbocycles. The molecule has 10 heavy (non-hydrogen) atoms. The Morgan fingerprint density at radius 2 is 2.60 bits per heavy atom. The number of aromatic nitrogens is 1. The minimum atomic E-state index is -0.307. The Kier molecular flexibility index (Phi) is 2.37. The topological polar surface area (TPSA) is 59.1 Å². The van der Waals surface area contributed by atoms with E-state index in [1.165, 1.54) is 11.3 Å². The largest absolute Gasteiger partial charge is 0.394 e. The van der Waals surface area contributed by atoms with Crippen molar-refractivity contribution in [2.45, 2.75) is 13.0 Å². The molecule has 0 saturated heterocycles. The van der Waals surface area contributed by atoms with Gasteiger partial charge in [0.1, 0.15) is 5.01 Å². The quantitative estimate of drug-likeness (QED) is 0.656. The fourth-order valence-electron chi connectivity index (χ4n) is 0.621. The molecule has 1 rings (SSSR count). The monoisotopic (exact) mass is 158 g/mol. The second kappa shape index (κ2) is 3.09. The Bertz CT molecular complexity index is 211. The molecule has 0 amide bonds. The van der Waals surface area contributed by atoms with Crippen LogP contribution in [0.4, 0.5) is 0 Å². The lowest BCUT2D eigenvalue weighted by atomic mass is 10.3. The van der Waals surface area contributed by atoms with Crippen molar-refractivity contribution in [3.63, 3.8) is 0 Å². The second-order valence-corrected chi connectivity index (χ2v) is 3.01. The summed E-state index contributed by atoms with van der Waals surface area (Å²) in [5, 5.41) is 11.4. The number of aliphatic hydroxyl groups excluding tert-OH is 1. The Morgan fingerprint density at radius 1 is 1.90 bits per heavy atom. The number of aliphatic hydroxyl groups is 1. The fourth-order valence-corrected chi connectivity index (χ4v) is 1.41. The lowest BCUT2D eigenvalue weighted by molar-refractivity contribution is 0.267. The van der Waals surface area contributed by atoms with Crippen LogP contribution in [0.2, 0.25) is 0 Å². The summed E-state index contributed by atoms with van der Waals surface area (Å²) in [6.45, 7) is 1.87. The summed E-state index contributed by atoms with van der Waals surface area (Å²) >= 11 is 1.49. The second-order valence-electron chi connectivity index (χ2n) is 2.12. The van der Waals surface area contributed by atoms with E-state index in [4.69, 9.17) is 10.8 Å². The van der Waals surface area contributed by atoms with Gasteiger partial charge in [-0.3, -0.25) is 0 Å². The first-order chi connectivity index (χ1) is 4.74. The van der Waals surface area contributed by atoms with Crippen molar-refractivity contribution in [3.8, 4) is 0 Å². The standard InChI is InChI=1S/C6H10N2OS/c1-4-3-10-6(8-4)5(7)2-9/h3,5,9H,2,7H2,1H3/t5-/m0/s1. The van der Waals surface area contributed by atoms with Crippen molar-refractivity contribution in [3.05, 3.63) is 16.1 Å². The normalized spacial score (nSPS) is 13.5. The van der Waals surface area contributed by atoms with Crippen LogP contribution < -0.4 is 5.73 Å². The maximum atomic E-state index is 8.64. The molecule has 0 aliphatic heterocycles.